The second kappa shape index (κ2) is 10.1. The number of rotatable bonds is 4. The van der Waals surface area contributed by atoms with E-state index in [9.17, 15) is 0 Å². The predicted molar refractivity (Wildman–Crippen MR) is 178 cm³/mol. The Kier molecular flexibility index (Phi) is 6.46. The van der Waals surface area contributed by atoms with Gasteiger partial charge in [0.2, 0.25) is 11.8 Å². The number of hydrogen-bond acceptors (Lipinski definition) is 4. The fraction of sp³-hybridized carbons (Fsp3) is 0.316. The molecule has 0 aliphatic carbocycles. The van der Waals surface area contributed by atoms with E-state index in [-0.39, 0.29) is 22.9 Å². The van der Waals surface area contributed by atoms with Gasteiger partial charge < -0.3 is 14.5 Å². The van der Waals surface area contributed by atoms with Gasteiger partial charge in [-0.05, 0) is 57.3 Å². The van der Waals surface area contributed by atoms with Crippen LogP contribution in [0, 0.1) is 10.8 Å². The van der Waals surface area contributed by atoms with E-state index in [4.69, 9.17) is 19.5 Å². The highest BCUT2D eigenvalue weighted by Crippen LogP contribution is 2.39. The highest BCUT2D eigenvalue weighted by atomic mass is 16.5. The van der Waals surface area contributed by atoms with Crippen molar-refractivity contribution in [2.45, 2.75) is 53.6 Å². The number of ether oxygens (including phenoxy) is 2. The number of nitrogens with one attached hydrogen (secondary N) is 1. The van der Waals surface area contributed by atoms with E-state index in [2.05, 4.69) is 131 Å². The molecule has 1 aromatic heterocycles. The van der Waals surface area contributed by atoms with Crippen LogP contribution in [-0.2, 0) is 9.47 Å². The molecule has 0 spiro atoms. The maximum absolute atomic E-state index is 6.33. The van der Waals surface area contributed by atoms with E-state index in [1.54, 1.807) is 0 Å². The summed E-state index contributed by atoms with van der Waals surface area (Å²) in [5, 5.41) is 2.25. The molecule has 5 aromatic rings. The summed E-state index contributed by atoms with van der Waals surface area (Å²) in [4.78, 5) is 14.0. The zero-order valence-corrected chi connectivity index (χ0v) is 25.9. The average molecular weight is 570 g/mol. The summed E-state index contributed by atoms with van der Waals surface area (Å²) in [6.07, 6.45) is 0. The molecule has 0 amide bonds. The van der Waals surface area contributed by atoms with Gasteiger partial charge in [0.25, 0.3) is 0 Å². The van der Waals surface area contributed by atoms with Gasteiger partial charge in [-0.2, -0.15) is 0 Å². The number of hydrogen-bond donors (Lipinski definition) is 1. The zero-order chi connectivity index (χ0) is 29.9. The van der Waals surface area contributed by atoms with Gasteiger partial charge in [-0.15, -0.1) is 0 Å². The Labute approximate surface area is 253 Å². The smallest absolute Gasteiger partial charge is 0.218 e. The van der Waals surface area contributed by atoms with Crippen LogP contribution in [0.15, 0.2) is 94.9 Å². The molecule has 1 N–H and O–H groups in total. The first-order valence-corrected chi connectivity index (χ1v) is 15.2. The maximum atomic E-state index is 6.33. The van der Waals surface area contributed by atoms with Crippen molar-refractivity contribution in [3.05, 3.63) is 96.1 Å². The number of H-pyrrole nitrogens is 1. The summed E-state index contributed by atoms with van der Waals surface area (Å²) in [5.41, 5.74) is 8.58. The quantitative estimate of drug-likeness (QED) is 0.235. The molecule has 5 heteroatoms. The molecule has 0 radical (unpaired) electrons. The SMILES string of the molecule is CC(C)(C)[C@H]1COC(c2cc(-c3ccccc3)cc3c2[nH]c2c(C4=N[C@@H](C(C)(C)C)CO4)cc(-c4ccccc4)cc23)=N1. The van der Waals surface area contributed by atoms with E-state index < -0.39 is 0 Å². The number of fused-ring (bicyclic) bond motifs is 3. The second-order valence-electron chi connectivity index (χ2n) is 14.0. The monoisotopic (exact) mass is 569 g/mol. The summed E-state index contributed by atoms with van der Waals surface area (Å²) in [6, 6.07) is 30.3. The maximum Gasteiger partial charge on any atom is 0.218 e. The van der Waals surface area contributed by atoms with Gasteiger partial charge in [-0.25, -0.2) is 9.98 Å². The highest BCUT2D eigenvalue weighted by Gasteiger charge is 2.34. The predicted octanol–water partition coefficient (Wildman–Crippen LogP) is 9.04. The van der Waals surface area contributed by atoms with Crippen LogP contribution in [0.3, 0.4) is 0 Å². The Balaban J connectivity index is 1.52. The molecule has 43 heavy (non-hydrogen) atoms. The molecule has 2 atom stereocenters. The molecule has 0 fully saturated rings. The van der Waals surface area contributed by atoms with E-state index >= 15 is 0 Å². The Bertz CT molecular complexity index is 1750. The van der Waals surface area contributed by atoms with Gasteiger partial charge in [0.1, 0.15) is 13.2 Å². The molecule has 0 unspecified atom stereocenters. The number of aromatic amines is 1. The van der Waals surface area contributed by atoms with Crippen molar-refractivity contribution in [2.24, 2.45) is 20.8 Å². The van der Waals surface area contributed by atoms with E-state index in [1.165, 1.54) is 0 Å². The Morgan fingerprint density at radius 2 is 0.953 bits per heavy atom. The molecule has 7 rings (SSSR count). The van der Waals surface area contributed by atoms with Crippen LogP contribution in [0.4, 0.5) is 0 Å². The third kappa shape index (κ3) is 5.01. The van der Waals surface area contributed by atoms with Crippen molar-refractivity contribution in [3.8, 4) is 22.3 Å². The summed E-state index contributed by atoms with van der Waals surface area (Å²) in [7, 11) is 0. The summed E-state index contributed by atoms with van der Waals surface area (Å²) in [6.45, 7) is 14.5. The fourth-order valence-corrected chi connectivity index (χ4v) is 5.97. The van der Waals surface area contributed by atoms with Crippen LogP contribution < -0.4 is 0 Å². The minimum absolute atomic E-state index is 0.0116. The van der Waals surface area contributed by atoms with Crippen molar-refractivity contribution in [1.29, 1.82) is 0 Å². The van der Waals surface area contributed by atoms with Crippen LogP contribution in [0.25, 0.3) is 44.1 Å². The van der Waals surface area contributed by atoms with E-state index in [1.807, 2.05) is 0 Å². The molecule has 2 aliphatic heterocycles. The van der Waals surface area contributed by atoms with Crippen LogP contribution in [0.1, 0.15) is 52.7 Å². The number of aromatic nitrogens is 1. The van der Waals surface area contributed by atoms with Gasteiger partial charge in [0.05, 0.1) is 34.2 Å². The van der Waals surface area contributed by atoms with Crippen LogP contribution >= 0.6 is 0 Å². The van der Waals surface area contributed by atoms with Crippen molar-refractivity contribution >= 4 is 33.6 Å². The van der Waals surface area contributed by atoms with Gasteiger partial charge in [0.15, 0.2) is 0 Å². The number of aliphatic imine (C=N–C) groups is 2. The Hall–Kier alpha value is -4.38. The molecular formula is C38H39N3O2. The first kappa shape index (κ1) is 27.5. The third-order valence-corrected chi connectivity index (χ3v) is 8.79. The Morgan fingerprint density at radius 3 is 1.30 bits per heavy atom. The lowest BCUT2D eigenvalue weighted by molar-refractivity contribution is 0.235. The van der Waals surface area contributed by atoms with Crippen LogP contribution in [-0.4, -0.2) is 42.1 Å². The fourth-order valence-electron chi connectivity index (χ4n) is 5.97. The molecule has 5 nitrogen and oxygen atoms in total. The van der Waals surface area contributed by atoms with E-state index in [0.717, 1.165) is 55.2 Å². The van der Waals surface area contributed by atoms with Crippen LogP contribution in [0.2, 0.25) is 0 Å². The number of benzene rings is 4. The van der Waals surface area contributed by atoms with Gasteiger partial charge in [0, 0.05) is 10.8 Å². The van der Waals surface area contributed by atoms with Crippen LogP contribution in [0.5, 0.6) is 0 Å². The minimum atomic E-state index is 0.0116. The normalized spacial score (nSPS) is 18.9. The van der Waals surface area contributed by atoms with Gasteiger partial charge in [-0.3, -0.25) is 0 Å². The summed E-state index contributed by atoms with van der Waals surface area (Å²) >= 11 is 0. The molecule has 218 valence electrons. The molecule has 3 heterocycles. The zero-order valence-electron chi connectivity index (χ0n) is 25.9. The standard InChI is InChI=1S/C38H39N3O2/c1-37(2,3)31-21-42-35(39-31)29-19-25(23-13-9-7-10-14-23)17-27-28-18-26(24-15-11-8-12-16-24)20-30(34(28)41-33(27)29)36-40-32(22-43-36)38(4,5)6/h7-20,31-32,41H,21-22H2,1-6H3/t31-,32-/m1/s1. The second-order valence-corrected chi connectivity index (χ2v) is 14.0. The lowest BCUT2D eigenvalue weighted by Crippen LogP contribution is -2.25. The Morgan fingerprint density at radius 1 is 0.558 bits per heavy atom. The summed E-state index contributed by atoms with van der Waals surface area (Å²) < 4.78 is 12.7. The first-order valence-electron chi connectivity index (χ1n) is 15.2. The van der Waals surface area contributed by atoms with Crippen molar-refractivity contribution in [2.75, 3.05) is 13.2 Å². The number of nitrogens with zero attached hydrogens (tertiary/aromatic N) is 2. The third-order valence-electron chi connectivity index (χ3n) is 8.79. The van der Waals surface area contributed by atoms with Crippen molar-refractivity contribution in [3.63, 3.8) is 0 Å². The first-order chi connectivity index (χ1) is 20.6. The molecule has 4 aromatic carbocycles. The molecule has 0 saturated carbocycles. The minimum Gasteiger partial charge on any atom is -0.475 e. The lowest BCUT2D eigenvalue weighted by Gasteiger charge is -2.21. The topological polar surface area (TPSA) is 59.0 Å². The molecule has 0 bridgehead atoms. The van der Waals surface area contributed by atoms with Gasteiger partial charge >= 0.3 is 0 Å². The largest absolute Gasteiger partial charge is 0.475 e. The lowest BCUT2D eigenvalue weighted by atomic mass is 9.88. The van der Waals surface area contributed by atoms with E-state index in [0.29, 0.717) is 25.0 Å². The van der Waals surface area contributed by atoms with Gasteiger partial charge in [-0.1, -0.05) is 102 Å². The average Bonchev–Trinajstić information content (AvgIpc) is 3.76. The van der Waals surface area contributed by atoms with Crippen molar-refractivity contribution in [1.82, 2.24) is 4.98 Å². The molecular weight excluding hydrogens is 530 g/mol. The molecule has 2 aliphatic rings. The highest BCUT2D eigenvalue weighted by molar-refractivity contribution is 6.21. The summed E-state index contributed by atoms with van der Waals surface area (Å²) in [5.74, 6) is 1.39. The molecule has 0 saturated heterocycles. The van der Waals surface area contributed by atoms with Crippen molar-refractivity contribution < 1.29 is 9.47 Å².